The molecule has 2 rings (SSSR count). The largest absolute Gasteiger partial charge is 0.489 e. The molecule has 47 heavy (non-hydrogen) atoms. The molecule has 0 aromatic heterocycles. The molecule has 2 aromatic carbocycles. The third-order valence-electron chi connectivity index (χ3n) is 6.87. The van der Waals surface area contributed by atoms with Gasteiger partial charge in [-0.05, 0) is 61.1 Å². The van der Waals surface area contributed by atoms with Gasteiger partial charge in [0.05, 0.1) is 5.84 Å². The third-order valence-corrected chi connectivity index (χ3v) is 6.87. The molecule has 1 unspecified atom stereocenters. The van der Waals surface area contributed by atoms with E-state index in [4.69, 9.17) is 4.74 Å². The number of ether oxygens (including phenoxy) is 1. The number of allylic oxidation sites excluding steroid dienone is 6. The van der Waals surface area contributed by atoms with Crippen LogP contribution in [0, 0.1) is 25.7 Å². The Labute approximate surface area is 280 Å². The van der Waals surface area contributed by atoms with Gasteiger partial charge < -0.3 is 20.1 Å². The highest BCUT2D eigenvalue weighted by Gasteiger charge is 2.20. The lowest BCUT2D eigenvalue weighted by atomic mass is 10.0. The first-order valence-corrected chi connectivity index (χ1v) is 15.2. The predicted octanol–water partition coefficient (Wildman–Crippen LogP) is 7.33. The summed E-state index contributed by atoms with van der Waals surface area (Å²) in [6.07, 6.45) is 24.6. The van der Waals surface area contributed by atoms with Gasteiger partial charge in [-0.2, -0.15) is 0 Å². The molecule has 1 amide bonds. The second-order valence-corrected chi connectivity index (χ2v) is 10.0. The van der Waals surface area contributed by atoms with Crippen molar-refractivity contribution >= 4 is 17.7 Å². The lowest BCUT2D eigenvalue weighted by Gasteiger charge is -2.20. The molecule has 0 fully saturated rings. The van der Waals surface area contributed by atoms with Crippen molar-refractivity contribution in [3.8, 4) is 31.4 Å². The summed E-state index contributed by atoms with van der Waals surface area (Å²) >= 11 is 0. The number of benzene rings is 2. The number of rotatable bonds is 17. The number of aliphatic imine (C=N–C) groups is 1. The SMILES string of the molecule is C#C.C#C.C=CC(=C\CN(C)C(CC)=NCC(=O)NC(CCc1ccc(OCc2ccccc2)cc1)C(=O)O)/C(C)=C(\F)C/C=C\C. The second-order valence-electron chi connectivity index (χ2n) is 10.0. The zero-order chi connectivity index (χ0) is 35.6. The van der Waals surface area contributed by atoms with Crippen molar-refractivity contribution in [2.45, 2.75) is 59.1 Å². The van der Waals surface area contributed by atoms with Gasteiger partial charge in [-0.25, -0.2) is 9.18 Å². The maximum Gasteiger partial charge on any atom is 0.326 e. The van der Waals surface area contributed by atoms with Crippen LogP contribution in [0.25, 0.3) is 0 Å². The minimum Gasteiger partial charge on any atom is -0.489 e. The molecular weight excluding hydrogens is 593 g/mol. The summed E-state index contributed by atoms with van der Waals surface area (Å²) in [6, 6.07) is 16.3. The molecule has 0 saturated heterocycles. The number of carboxylic acids is 1. The molecular formula is C39H48FN3O4. The van der Waals surface area contributed by atoms with Gasteiger partial charge in [-0.1, -0.05) is 80.3 Å². The summed E-state index contributed by atoms with van der Waals surface area (Å²) in [5.74, 6) is -0.383. The molecule has 7 nitrogen and oxygen atoms in total. The van der Waals surface area contributed by atoms with Gasteiger partial charge in [-0.15, -0.1) is 25.7 Å². The van der Waals surface area contributed by atoms with Crippen LogP contribution in [-0.2, 0) is 22.6 Å². The predicted molar refractivity (Wildman–Crippen MR) is 192 cm³/mol. The van der Waals surface area contributed by atoms with Crippen LogP contribution in [0.2, 0.25) is 0 Å². The fourth-order valence-corrected chi connectivity index (χ4v) is 4.23. The Hall–Kier alpha value is -5.34. The molecule has 8 heteroatoms. The Morgan fingerprint density at radius 1 is 1.09 bits per heavy atom. The Morgan fingerprint density at radius 2 is 1.72 bits per heavy atom. The quantitative estimate of drug-likeness (QED) is 0.0621. The number of nitrogens with zero attached hydrogens (tertiary/aromatic N) is 2. The van der Waals surface area contributed by atoms with E-state index in [9.17, 15) is 19.1 Å². The second kappa shape index (κ2) is 24.9. The third kappa shape index (κ3) is 16.5. The number of aliphatic carboxylic acids is 1. The number of aryl methyl sites for hydroxylation is 1. The Morgan fingerprint density at radius 3 is 2.28 bits per heavy atom. The van der Waals surface area contributed by atoms with E-state index in [2.05, 4.69) is 42.6 Å². The number of likely N-dealkylation sites (N-methyl/N-ethyl adjacent to an activating group) is 1. The fraction of sp³-hybridized carbons (Fsp3) is 0.308. The van der Waals surface area contributed by atoms with Crippen LogP contribution in [0.15, 0.2) is 107 Å². The number of carbonyl (C=O) groups is 2. The molecule has 0 aliphatic rings. The van der Waals surface area contributed by atoms with E-state index < -0.39 is 17.9 Å². The van der Waals surface area contributed by atoms with Crippen molar-refractivity contribution < 1.29 is 23.8 Å². The minimum absolute atomic E-state index is 0.195. The standard InChI is InChI=1S/C35H44FN3O4.2C2H2/c1-6-9-15-31(36)26(4)29(7-2)22-23-39(5)33(8-3)37-24-34(40)38-32(35(41)42)21-18-27-16-19-30(20-17-27)43-25-28-13-11-10-12-14-28;2*1-2/h6-7,9-14,16-17,19-20,22,32H,2,8,15,18,21,23-25H2,1,3-5H3,(H,38,40)(H,41,42);2*1-2H/b9-6-,29-22+,31-26-,37-33?;;. The van der Waals surface area contributed by atoms with E-state index >= 15 is 0 Å². The minimum atomic E-state index is -1.10. The summed E-state index contributed by atoms with van der Waals surface area (Å²) < 4.78 is 20.2. The van der Waals surface area contributed by atoms with Crippen LogP contribution in [0.1, 0.15) is 51.2 Å². The van der Waals surface area contributed by atoms with Gasteiger partial charge in [0.25, 0.3) is 0 Å². The van der Waals surface area contributed by atoms with Crippen LogP contribution >= 0.6 is 0 Å². The van der Waals surface area contributed by atoms with Gasteiger partial charge in [0.15, 0.2) is 0 Å². The molecule has 1 atom stereocenters. The lowest BCUT2D eigenvalue weighted by Crippen LogP contribution is -2.42. The molecule has 0 heterocycles. The zero-order valence-corrected chi connectivity index (χ0v) is 28.0. The number of amides is 1. The average molecular weight is 642 g/mol. The average Bonchev–Trinajstić information content (AvgIpc) is 3.10. The van der Waals surface area contributed by atoms with Crippen molar-refractivity contribution in [1.82, 2.24) is 10.2 Å². The summed E-state index contributed by atoms with van der Waals surface area (Å²) in [5, 5.41) is 12.3. The maximum absolute atomic E-state index is 14.4. The molecule has 0 radical (unpaired) electrons. The van der Waals surface area contributed by atoms with Gasteiger partial charge in [0.1, 0.15) is 30.8 Å². The summed E-state index contributed by atoms with van der Waals surface area (Å²) in [5.41, 5.74) is 3.24. The summed E-state index contributed by atoms with van der Waals surface area (Å²) in [4.78, 5) is 30.7. The van der Waals surface area contributed by atoms with Crippen molar-refractivity contribution in [2.24, 2.45) is 4.99 Å². The number of carboxylic acid groups (broad SMARTS) is 1. The molecule has 2 N–H and O–H groups in total. The monoisotopic (exact) mass is 641 g/mol. The van der Waals surface area contributed by atoms with Crippen LogP contribution < -0.4 is 10.1 Å². The number of terminal acetylenes is 2. The Kier molecular flexibility index (Phi) is 22.1. The number of halogens is 1. The van der Waals surface area contributed by atoms with E-state index in [-0.39, 0.29) is 25.2 Å². The van der Waals surface area contributed by atoms with E-state index in [0.717, 1.165) is 16.9 Å². The van der Waals surface area contributed by atoms with E-state index in [0.29, 0.717) is 43.0 Å². The highest BCUT2D eigenvalue weighted by molar-refractivity contribution is 5.88. The van der Waals surface area contributed by atoms with Crippen molar-refractivity contribution in [3.63, 3.8) is 0 Å². The normalized spacial score (nSPS) is 12.3. The number of nitrogens with one attached hydrogen (secondary N) is 1. The maximum atomic E-state index is 14.4. The number of amidine groups is 1. The number of hydrogen-bond acceptors (Lipinski definition) is 4. The Bertz CT molecular complexity index is 1400. The molecule has 0 aliphatic heterocycles. The summed E-state index contributed by atoms with van der Waals surface area (Å²) in [7, 11) is 1.84. The fourth-order valence-electron chi connectivity index (χ4n) is 4.23. The summed E-state index contributed by atoms with van der Waals surface area (Å²) in [6.45, 7) is 10.0. The van der Waals surface area contributed by atoms with E-state index in [1.54, 1.807) is 25.2 Å². The van der Waals surface area contributed by atoms with Crippen LogP contribution in [0.4, 0.5) is 4.39 Å². The van der Waals surface area contributed by atoms with Gasteiger partial charge in [-0.3, -0.25) is 9.79 Å². The molecule has 0 spiro atoms. The molecule has 250 valence electrons. The molecule has 0 aliphatic carbocycles. The van der Waals surface area contributed by atoms with Gasteiger partial charge in [0, 0.05) is 26.4 Å². The molecule has 2 aromatic rings. The van der Waals surface area contributed by atoms with Crippen molar-refractivity contribution in [1.29, 1.82) is 0 Å². The van der Waals surface area contributed by atoms with E-state index in [1.165, 1.54) is 0 Å². The topological polar surface area (TPSA) is 91.2 Å². The number of hydrogen-bond donors (Lipinski definition) is 2. The molecule has 0 bridgehead atoms. The highest BCUT2D eigenvalue weighted by Crippen LogP contribution is 2.20. The zero-order valence-electron chi connectivity index (χ0n) is 28.0. The van der Waals surface area contributed by atoms with Crippen LogP contribution in [-0.4, -0.2) is 53.9 Å². The van der Waals surface area contributed by atoms with Gasteiger partial charge >= 0.3 is 5.97 Å². The number of carbonyl (C=O) groups excluding carboxylic acids is 1. The van der Waals surface area contributed by atoms with Crippen LogP contribution in [0.3, 0.4) is 0 Å². The van der Waals surface area contributed by atoms with Crippen LogP contribution in [0.5, 0.6) is 5.75 Å². The van der Waals surface area contributed by atoms with Crippen molar-refractivity contribution in [2.75, 3.05) is 20.1 Å². The van der Waals surface area contributed by atoms with E-state index in [1.807, 2.05) is 86.5 Å². The smallest absolute Gasteiger partial charge is 0.326 e. The first kappa shape index (κ1) is 41.7. The highest BCUT2D eigenvalue weighted by atomic mass is 19.1. The first-order valence-electron chi connectivity index (χ1n) is 15.2. The lowest BCUT2D eigenvalue weighted by molar-refractivity contribution is -0.141. The molecule has 0 saturated carbocycles. The first-order chi connectivity index (χ1) is 22.7. The van der Waals surface area contributed by atoms with Gasteiger partial charge in [0.2, 0.25) is 5.91 Å². The Balaban J connectivity index is 0.00000508. The van der Waals surface area contributed by atoms with Crippen molar-refractivity contribution in [3.05, 3.63) is 114 Å².